The molecule has 0 aliphatic carbocycles. The van der Waals surface area contributed by atoms with E-state index in [1.165, 1.54) is 10.6 Å². The molecule has 0 fully saturated rings. The van der Waals surface area contributed by atoms with Gasteiger partial charge in [0.25, 0.3) is 0 Å². The van der Waals surface area contributed by atoms with Crippen molar-refractivity contribution in [3.8, 4) is 0 Å². The van der Waals surface area contributed by atoms with Crippen molar-refractivity contribution in [2.45, 2.75) is 11.3 Å². The van der Waals surface area contributed by atoms with E-state index in [9.17, 15) is 0 Å². The third-order valence-corrected chi connectivity index (χ3v) is 2.77. The van der Waals surface area contributed by atoms with Gasteiger partial charge in [0, 0.05) is 17.1 Å². The van der Waals surface area contributed by atoms with Crippen molar-refractivity contribution in [1.29, 1.82) is 0 Å². The predicted octanol–water partition coefficient (Wildman–Crippen LogP) is 2.43. The second kappa shape index (κ2) is 6.74. The minimum absolute atomic E-state index is 1.03. The summed E-state index contributed by atoms with van der Waals surface area (Å²) in [5.41, 5.74) is 1.21. The molecule has 1 rings (SSSR count). The van der Waals surface area contributed by atoms with Gasteiger partial charge in [-0.25, -0.2) is 0 Å². The Hall–Kier alpha value is -0.670. The average molecular weight is 210 g/mol. The first-order chi connectivity index (χ1) is 6.86. The van der Waals surface area contributed by atoms with Gasteiger partial charge in [0.1, 0.15) is 0 Å². The van der Waals surface area contributed by atoms with Crippen molar-refractivity contribution in [3.63, 3.8) is 0 Å². The zero-order valence-electron chi connectivity index (χ0n) is 8.84. The zero-order chi connectivity index (χ0) is 10.2. The molecule has 0 bridgehead atoms. The summed E-state index contributed by atoms with van der Waals surface area (Å²) in [6.07, 6.45) is 3.25. The normalized spacial score (nSPS) is 10.1. The van der Waals surface area contributed by atoms with Crippen molar-refractivity contribution in [2.75, 3.05) is 31.7 Å². The van der Waals surface area contributed by atoms with Gasteiger partial charge in [0.2, 0.25) is 0 Å². The van der Waals surface area contributed by atoms with Crippen molar-refractivity contribution >= 4 is 17.4 Å². The molecule has 14 heavy (non-hydrogen) atoms. The standard InChI is InChI=1S/C11H18N2S/c1-12-8-3-9-13-10-4-6-11(14-2)7-5-10/h4-7,12-13H,3,8-9H2,1-2H3. The molecule has 0 saturated heterocycles. The molecule has 2 N–H and O–H groups in total. The van der Waals surface area contributed by atoms with Crippen molar-refractivity contribution in [3.05, 3.63) is 24.3 Å². The lowest BCUT2D eigenvalue weighted by atomic mass is 10.3. The highest BCUT2D eigenvalue weighted by Crippen LogP contribution is 2.17. The van der Waals surface area contributed by atoms with E-state index in [4.69, 9.17) is 0 Å². The molecule has 3 heteroatoms. The topological polar surface area (TPSA) is 24.1 Å². The van der Waals surface area contributed by atoms with Gasteiger partial charge in [0.15, 0.2) is 0 Å². The van der Waals surface area contributed by atoms with Gasteiger partial charge < -0.3 is 10.6 Å². The van der Waals surface area contributed by atoms with Crippen LogP contribution in [0.3, 0.4) is 0 Å². The molecular formula is C11H18N2S. The highest BCUT2D eigenvalue weighted by molar-refractivity contribution is 7.98. The van der Waals surface area contributed by atoms with Crippen molar-refractivity contribution in [1.82, 2.24) is 5.32 Å². The molecule has 0 spiro atoms. The Bertz CT molecular complexity index is 246. The fourth-order valence-corrected chi connectivity index (χ4v) is 1.62. The third kappa shape index (κ3) is 4.03. The van der Waals surface area contributed by atoms with Crippen LogP contribution in [0.15, 0.2) is 29.2 Å². The average Bonchev–Trinajstić information content (AvgIpc) is 2.25. The molecule has 0 radical (unpaired) electrons. The van der Waals surface area contributed by atoms with Crippen LogP contribution in [-0.2, 0) is 0 Å². The van der Waals surface area contributed by atoms with E-state index in [0.717, 1.165) is 19.5 Å². The molecule has 0 saturated carbocycles. The summed E-state index contributed by atoms with van der Waals surface area (Å²) in [6.45, 7) is 2.09. The van der Waals surface area contributed by atoms with E-state index < -0.39 is 0 Å². The monoisotopic (exact) mass is 210 g/mol. The van der Waals surface area contributed by atoms with Crippen LogP contribution >= 0.6 is 11.8 Å². The van der Waals surface area contributed by atoms with Gasteiger partial charge in [-0.1, -0.05) is 0 Å². The molecule has 78 valence electrons. The third-order valence-electron chi connectivity index (χ3n) is 2.02. The maximum atomic E-state index is 3.38. The summed E-state index contributed by atoms with van der Waals surface area (Å²) in [5, 5.41) is 6.51. The largest absolute Gasteiger partial charge is 0.385 e. The Labute approximate surface area is 90.5 Å². The molecular weight excluding hydrogens is 192 g/mol. The van der Waals surface area contributed by atoms with Gasteiger partial charge in [0.05, 0.1) is 0 Å². The van der Waals surface area contributed by atoms with E-state index in [2.05, 4.69) is 41.2 Å². The van der Waals surface area contributed by atoms with E-state index in [-0.39, 0.29) is 0 Å². The Morgan fingerprint density at radius 3 is 2.43 bits per heavy atom. The number of benzene rings is 1. The van der Waals surface area contributed by atoms with E-state index in [1.807, 2.05) is 7.05 Å². The molecule has 0 aromatic heterocycles. The summed E-state index contributed by atoms with van der Waals surface area (Å²) in [5.74, 6) is 0. The first kappa shape index (κ1) is 11.4. The van der Waals surface area contributed by atoms with Gasteiger partial charge in [-0.05, 0) is 50.5 Å². The van der Waals surface area contributed by atoms with Crippen LogP contribution in [0.25, 0.3) is 0 Å². The maximum absolute atomic E-state index is 3.38. The Kier molecular flexibility index (Phi) is 5.49. The summed E-state index contributed by atoms with van der Waals surface area (Å²) < 4.78 is 0. The number of nitrogens with one attached hydrogen (secondary N) is 2. The Morgan fingerprint density at radius 2 is 1.86 bits per heavy atom. The summed E-state index contributed by atoms with van der Waals surface area (Å²) >= 11 is 1.77. The van der Waals surface area contributed by atoms with Crippen LogP contribution in [0.1, 0.15) is 6.42 Å². The minimum atomic E-state index is 1.03. The molecule has 2 nitrogen and oxygen atoms in total. The summed E-state index contributed by atoms with van der Waals surface area (Å²) in [4.78, 5) is 1.31. The van der Waals surface area contributed by atoms with E-state index in [0.29, 0.717) is 0 Å². The van der Waals surface area contributed by atoms with Crippen molar-refractivity contribution < 1.29 is 0 Å². The van der Waals surface area contributed by atoms with E-state index in [1.54, 1.807) is 11.8 Å². The van der Waals surface area contributed by atoms with Crippen LogP contribution < -0.4 is 10.6 Å². The zero-order valence-corrected chi connectivity index (χ0v) is 9.66. The molecule has 0 amide bonds. The number of hydrogen-bond acceptors (Lipinski definition) is 3. The van der Waals surface area contributed by atoms with Crippen LogP contribution in [0, 0.1) is 0 Å². The molecule has 0 unspecified atom stereocenters. The van der Waals surface area contributed by atoms with Gasteiger partial charge in [-0.15, -0.1) is 11.8 Å². The van der Waals surface area contributed by atoms with Crippen LogP contribution in [0.2, 0.25) is 0 Å². The summed E-state index contributed by atoms with van der Waals surface area (Å²) in [7, 11) is 1.98. The minimum Gasteiger partial charge on any atom is -0.385 e. The molecule has 1 aromatic rings. The van der Waals surface area contributed by atoms with Crippen LogP contribution in [-0.4, -0.2) is 26.4 Å². The Morgan fingerprint density at radius 1 is 1.14 bits per heavy atom. The second-order valence-corrected chi connectivity index (χ2v) is 3.99. The summed E-state index contributed by atoms with van der Waals surface area (Å²) in [6, 6.07) is 8.55. The fraction of sp³-hybridized carbons (Fsp3) is 0.455. The van der Waals surface area contributed by atoms with Gasteiger partial charge in [-0.2, -0.15) is 0 Å². The first-order valence-corrected chi connectivity index (χ1v) is 6.12. The lowest BCUT2D eigenvalue weighted by Crippen LogP contribution is -2.12. The molecule has 0 aliphatic heterocycles. The van der Waals surface area contributed by atoms with Crippen LogP contribution in [0.5, 0.6) is 0 Å². The molecule has 1 aromatic carbocycles. The van der Waals surface area contributed by atoms with Crippen molar-refractivity contribution in [2.24, 2.45) is 0 Å². The molecule has 0 aliphatic rings. The van der Waals surface area contributed by atoms with Crippen LogP contribution in [0.4, 0.5) is 5.69 Å². The smallest absolute Gasteiger partial charge is 0.0340 e. The Balaban J connectivity index is 2.29. The maximum Gasteiger partial charge on any atom is 0.0340 e. The second-order valence-electron chi connectivity index (χ2n) is 3.11. The lowest BCUT2D eigenvalue weighted by Gasteiger charge is -2.06. The van der Waals surface area contributed by atoms with Gasteiger partial charge >= 0.3 is 0 Å². The number of anilines is 1. The lowest BCUT2D eigenvalue weighted by molar-refractivity contribution is 0.748. The number of rotatable bonds is 6. The highest BCUT2D eigenvalue weighted by Gasteiger charge is 1.92. The number of hydrogen-bond donors (Lipinski definition) is 2. The molecule has 0 atom stereocenters. The highest BCUT2D eigenvalue weighted by atomic mass is 32.2. The van der Waals surface area contributed by atoms with Gasteiger partial charge in [-0.3, -0.25) is 0 Å². The fourth-order valence-electron chi connectivity index (χ4n) is 1.21. The SMILES string of the molecule is CNCCCNc1ccc(SC)cc1. The first-order valence-electron chi connectivity index (χ1n) is 4.89. The predicted molar refractivity (Wildman–Crippen MR) is 65.3 cm³/mol. The number of thioether (sulfide) groups is 1. The van der Waals surface area contributed by atoms with E-state index >= 15 is 0 Å². The quantitative estimate of drug-likeness (QED) is 0.557. The molecule has 0 heterocycles.